The molecule has 1 aromatic rings. The van der Waals surface area contributed by atoms with Crippen LogP contribution in [0.15, 0.2) is 30.3 Å². The minimum Gasteiger partial charge on any atom is -0.507 e. The summed E-state index contributed by atoms with van der Waals surface area (Å²) in [4.78, 5) is 21.9. The summed E-state index contributed by atoms with van der Waals surface area (Å²) in [7, 11) is 1.08. The number of ether oxygens (including phenoxy) is 1. The molecule has 0 aliphatic heterocycles. The van der Waals surface area contributed by atoms with Gasteiger partial charge >= 0.3 is 5.97 Å². The number of halogens is 1. The van der Waals surface area contributed by atoms with E-state index in [-0.39, 0.29) is 16.3 Å². The van der Waals surface area contributed by atoms with E-state index in [0.717, 1.165) is 13.2 Å². The van der Waals surface area contributed by atoms with Crippen LogP contribution in [0.4, 0.5) is 0 Å². The lowest BCUT2D eigenvalue weighted by molar-refractivity contribution is -0.149. The van der Waals surface area contributed by atoms with Gasteiger partial charge in [0.25, 0.3) is 5.78 Å². The first kappa shape index (κ1) is 12.3. The highest BCUT2D eigenvalue weighted by Crippen LogP contribution is 2.21. The van der Waals surface area contributed by atoms with Crippen molar-refractivity contribution in [2.75, 3.05) is 7.11 Å². The molecule has 16 heavy (non-hydrogen) atoms. The van der Waals surface area contributed by atoms with E-state index in [1.807, 2.05) is 0 Å². The van der Waals surface area contributed by atoms with Crippen LogP contribution in [0.3, 0.4) is 0 Å². The van der Waals surface area contributed by atoms with Gasteiger partial charge in [0.05, 0.1) is 12.1 Å². The van der Waals surface area contributed by atoms with Gasteiger partial charge in [-0.3, -0.25) is 4.79 Å². The Hall–Kier alpha value is -1.81. The molecule has 0 unspecified atom stereocenters. The molecular weight excluding hydrogens is 232 g/mol. The number of benzene rings is 1. The molecule has 0 aliphatic rings. The topological polar surface area (TPSA) is 63.6 Å². The normalized spacial score (nSPS) is 11.0. The third-order valence-electron chi connectivity index (χ3n) is 1.80. The van der Waals surface area contributed by atoms with Gasteiger partial charge in [-0.25, -0.2) is 4.79 Å². The second-order valence-electron chi connectivity index (χ2n) is 2.87. The Labute approximate surface area is 97.1 Å². The summed E-state index contributed by atoms with van der Waals surface area (Å²) in [6, 6.07) is 6.41. The van der Waals surface area contributed by atoms with Gasteiger partial charge in [-0.05, 0) is 12.1 Å². The van der Waals surface area contributed by atoms with Crippen molar-refractivity contribution in [2.24, 2.45) is 0 Å². The Kier molecular flexibility index (Phi) is 4.08. The van der Waals surface area contributed by atoms with E-state index >= 15 is 0 Å². The van der Waals surface area contributed by atoms with Crippen molar-refractivity contribution in [1.82, 2.24) is 0 Å². The summed E-state index contributed by atoms with van der Waals surface area (Å²) in [6.45, 7) is 0. The molecule has 0 heterocycles. The smallest absolute Gasteiger partial charge is 0.378 e. The maximum atomic E-state index is 11.1. The van der Waals surface area contributed by atoms with Crippen LogP contribution in [0.5, 0.6) is 0 Å². The van der Waals surface area contributed by atoms with E-state index in [9.17, 15) is 14.7 Å². The van der Waals surface area contributed by atoms with E-state index in [4.69, 9.17) is 11.6 Å². The van der Waals surface area contributed by atoms with Gasteiger partial charge in [-0.1, -0.05) is 23.7 Å². The van der Waals surface area contributed by atoms with Gasteiger partial charge in [0.1, 0.15) is 5.76 Å². The fraction of sp³-hybridized carbons (Fsp3) is 0.0909. The third kappa shape index (κ3) is 2.84. The number of hydrogen-bond donors (Lipinski definition) is 1. The van der Waals surface area contributed by atoms with Crippen molar-refractivity contribution in [2.45, 2.75) is 0 Å². The molecule has 1 aromatic carbocycles. The molecule has 84 valence electrons. The molecule has 0 aromatic heterocycles. The number of esters is 1. The Morgan fingerprint density at radius 2 is 2.00 bits per heavy atom. The molecule has 0 fully saturated rings. The molecule has 0 bridgehead atoms. The maximum absolute atomic E-state index is 11.1. The van der Waals surface area contributed by atoms with E-state index in [1.54, 1.807) is 18.2 Å². The summed E-state index contributed by atoms with van der Waals surface area (Å²) in [5.74, 6) is -2.36. The summed E-state index contributed by atoms with van der Waals surface area (Å²) >= 11 is 5.79. The second-order valence-corrected chi connectivity index (χ2v) is 3.27. The number of hydrogen-bond acceptors (Lipinski definition) is 4. The number of ketones is 1. The first-order chi connectivity index (χ1) is 7.56. The summed E-state index contributed by atoms with van der Waals surface area (Å²) in [6.07, 6.45) is 0.771. The predicted molar refractivity (Wildman–Crippen MR) is 59.1 cm³/mol. The average molecular weight is 241 g/mol. The highest BCUT2D eigenvalue weighted by atomic mass is 35.5. The van der Waals surface area contributed by atoms with Crippen molar-refractivity contribution in [1.29, 1.82) is 0 Å². The fourth-order valence-electron chi connectivity index (χ4n) is 1.03. The number of aliphatic hydroxyl groups excluding tert-OH is 1. The van der Waals surface area contributed by atoms with Crippen LogP contribution in [0, 0.1) is 0 Å². The Morgan fingerprint density at radius 1 is 1.38 bits per heavy atom. The molecule has 1 rings (SSSR count). The lowest BCUT2D eigenvalue weighted by Crippen LogP contribution is -2.13. The Balaban J connectivity index is 2.99. The van der Waals surface area contributed by atoms with Gasteiger partial charge in [-0.2, -0.15) is 0 Å². The SMILES string of the molecule is COC(=O)C(=O)C=C(O)c1ccccc1Cl. The molecular formula is C11H9ClO4. The molecule has 1 N–H and O–H groups in total. The molecule has 0 saturated heterocycles. The third-order valence-corrected chi connectivity index (χ3v) is 2.13. The van der Waals surface area contributed by atoms with Gasteiger partial charge in [0, 0.05) is 11.6 Å². The monoisotopic (exact) mass is 240 g/mol. The van der Waals surface area contributed by atoms with E-state index < -0.39 is 11.8 Å². The van der Waals surface area contributed by atoms with Gasteiger partial charge in [-0.15, -0.1) is 0 Å². The zero-order chi connectivity index (χ0) is 12.1. The van der Waals surface area contributed by atoms with Gasteiger partial charge in [0.15, 0.2) is 0 Å². The Morgan fingerprint density at radius 3 is 2.56 bits per heavy atom. The molecule has 0 saturated carbocycles. The first-order valence-electron chi connectivity index (χ1n) is 4.34. The van der Waals surface area contributed by atoms with Crippen LogP contribution in [0.25, 0.3) is 5.76 Å². The standard InChI is InChI=1S/C11H9ClO4/c1-16-11(15)10(14)6-9(13)7-4-2-3-5-8(7)12/h2-6,13H,1H3. The lowest BCUT2D eigenvalue weighted by Gasteiger charge is -2.01. The second kappa shape index (κ2) is 5.32. The van der Waals surface area contributed by atoms with Crippen LogP contribution in [0.1, 0.15) is 5.56 Å². The van der Waals surface area contributed by atoms with Crippen LogP contribution < -0.4 is 0 Å². The number of rotatable bonds is 3. The molecule has 0 atom stereocenters. The van der Waals surface area contributed by atoms with Crippen LogP contribution >= 0.6 is 11.6 Å². The molecule has 5 heteroatoms. The lowest BCUT2D eigenvalue weighted by atomic mass is 10.1. The van der Waals surface area contributed by atoms with Gasteiger partial charge < -0.3 is 9.84 Å². The van der Waals surface area contributed by atoms with E-state index in [1.165, 1.54) is 6.07 Å². The maximum Gasteiger partial charge on any atom is 0.378 e. The van der Waals surface area contributed by atoms with Crippen LogP contribution in [0.2, 0.25) is 5.02 Å². The number of carbonyl (C=O) groups is 2. The molecule has 0 aliphatic carbocycles. The highest BCUT2D eigenvalue weighted by Gasteiger charge is 2.13. The average Bonchev–Trinajstić information content (AvgIpc) is 2.28. The quantitative estimate of drug-likeness (QED) is 0.380. The minimum atomic E-state index is -1.04. The summed E-state index contributed by atoms with van der Waals surface area (Å²) in [5.41, 5.74) is 0.279. The zero-order valence-electron chi connectivity index (χ0n) is 8.44. The molecule has 0 radical (unpaired) electrons. The fourth-order valence-corrected chi connectivity index (χ4v) is 1.26. The minimum absolute atomic E-state index is 0.279. The van der Waals surface area contributed by atoms with Crippen molar-refractivity contribution >= 4 is 29.1 Å². The molecule has 0 spiro atoms. The van der Waals surface area contributed by atoms with Crippen molar-refractivity contribution in [3.8, 4) is 0 Å². The van der Waals surface area contributed by atoms with Crippen molar-refractivity contribution in [3.63, 3.8) is 0 Å². The zero-order valence-corrected chi connectivity index (χ0v) is 9.19. The molecule has 4 nitrogen and oxygen atoms in total. The van der Waals surface area contributed by atoms with Crippen molar-refractivity contribution in [3.05, 3.63) is 40.9 Å². The van der Waals surface area contributed by atoms with Gasteiger partial charge in [0.2, 0.25) is 0 Å². The number of aliphatic hydroxyl groups is 1. The summed E-state index contributed by atoms with van der Waals surface area (Å²) in [5, 5.41) is 9.85. The summed E-state index contributed by atoms with van der Waals surface area (Å²) < 4.78 is 4.20. The first-order valence-corrected chi connectivity index (χ1v) is 4.72. The molecule has 0 amide bonds. The van der Waals surface area contributed by atoms with Crippen molar-refractivity contribution < 1.29 is 19.4 Å². The van der Waals surface area contributed by atoms with Crippen LogP contribution in [-0.2, 0) is 14.3 Å². The van der Waals surface area contributed by atoms with E-state index in [2.05, 4.69) is 4.74 Å². The van der Waals surface area contributed by atoms with E-state index in [0.29, 0.717) is 0 Å². The highest BCUT2D eigenvalue weighted by molar-refractivity contribution is 6.39. The largest absolute Gasteiger partial charge is 0.507 e. The predicted octanol–water partition coefficient (Wildman–Crippen LogP) is 1.98. The number of methoxy groups -OCH3 is 1. The Bertz CT molecular complexity index is 451. The number of carbonyl (C=O) groups excluding carboxylic acids is 2. The van der Waals surface area contributed by atoms with Crippen LogP contribution in [-0.4, -0.2) is 24.0 Å².